The van der Waals surface area contributed by atoms with Crippen LogP contribution in [0.1, 0.15) is 37.7 Å². The standard InChI is InChI=1S/C18H23N5O5/c1-28-16(24)15(12-13-4-6-14(7-5-13)23(26)27)21-17(25)18(8-2-3-9-18)10-11-20-22-19/h4-7,15H,2-3,8-12H2,1H3,(H,21,25)/t15-/m0/s1. The highest BCUT2D eigenvalue weighted by molar-refractivity contribution is 5.88. The minimum absolute atomic E-state index is 0.0506. The average Bonchev–Trinajstić information content (AvgIpc) is 3.17. The van der Waals surface area contributed by atoms with Crippen molar-refractivity contribution in [3.8, 4) is 0 Å². The van der Waals surface area contributed by atoms with Crippen LogP contribution in [0.25, 0.3) is 10.4 Å². The highest BCUT2D eigenvalue weighted by Crippen LogP contribution is 2.41. The van der Waals surface area contributed by atoms with Gasteiger partial charge in [0, 0.05) is 35.4 Å². The van der Waals surface area contributed by atoms with Crippen molar-refractivity contribution in [2.24, 2.45) is 10.5 Å². The van der Waals surface area contributed by atoms with E-state index < -0.39 is 22.3 Å². The van der Waals surface area contributed by atoms with Crippen molar-refractivity contribution in [1.82, 2.24) is 5.32 Å². The van der Waals surface area contributed by atoms with Gasteiger partial charge in [-0.05, 0) is 30.4 Å². The fourth-order valence-corrected chi connectivity index (χ4v) is 3.59. The molecule has 1 fully saturated rings. The van der Waals surface area contributed by atoms with Crippen molar-refractivity contribution in [3.05, 3.63) is 50.4 Å². The SMILES string of the molecule is COC(=O)[C@H](Cc1ccc([N+](=O)[O-])cc1)NC(=O)C1(CCN=[N+]=[N-])CCCC1. The Morgan fingerprint density at radius 2 is 2.00 bits per heavy atom. The lowest BCUT2D eigenvalue weighted by molar-refractivity contribution is -0.384. The van der Waals surface area contributed by atoms with Crippen molar-refractivity contribution in [3.63, 3.8) is 0 Å². The third-order valence-corrected chi connectivity index (χ3v) is 5.17. The normalized spacial score (nSPS) is 15.9. The number of esters is 1. The molecular formula is C18H23N5O5. The van der Waals surface area contributed by atoms with Crippen molar-refractivity contribution < 1.29 is 19.2 Å². The van der Waals surface area contributed by atoms with Crippen LogP contribution in [0.2, 0.25) is 0 Å². The van der Waals surface area contributed by atoms with Crippen molar-refractivity contribution >= 4 is 17.6 Å². The van der Waals surface area contributed by atoms with E-state index in [9.17, 15) is 19.7 Å². The van der Waals surface area contributed by atoms with Gasteiger partial charge in [-0.2, -0.15) is 0 Å². The first kappa shape index (κ1) is 21.2. The number of carbonyl (C=O) groups is 2. The monoisotopic (exact) mass is 389 g/mol. The van der Waals surface area contributed by atoms with Crippen LogP contribution < -0.4 is 5.32 Å². The molecule has 2 rings (SSSR count). The van der Waals surface area contributed by atoms with Crippen molar-refractivity contribution in [2.45, 2.75) is 44.6 Å². The number of nitro benzene ring substituents is 1. The van der Waals surface area contributed by atoms with Crippen LogP contribution in [-0.2, 0) is 20.7 Å². The van der Waals surface area contributed by atoms with E-state index >= 15 is 0 Å². The zero-order valence-electron chi connectivity index (χ0n) is 15.7. The number of ether oxygens (including phenoxy) is 1. The zero-order chi connectivity index (χ0) is 20.6. The molecule has 1 aromatic rings. The average molecular weight is 389 g/mol. The topological polar surface area (TPSA) is 147 Å². The van der Waals surface area contributed by atoms with Gasteiger partial charge in [0.2, 0.25) is 5.91 Å². The summed E-state index contributed by atoms with van der Waals surface area (Å²) in [6.07, 6.45) is 3.72. The highest BCUT2D eigenvalue weighted by atomic mass is 16.6. The quantitative estimate of drug-likeness (QED) is 0.172. The zero-order valence-corrected chi connectivity index (χ0v) is 15.7. The van der Waals surface area contributed by atoms with Gasteiger partial charge >= 0.3 is 5.97 Å². The van der Waals surface area contributed by atoms with Gasteiger partial charge in [-0.15, -0.1) is 0 Å². The van der Waals surface area contributed by atoms with Gasteiger partial charge in [-0.25, -0.2) is 4.79 Å². The number of rotatable bonds is 9. The third-order valence-electron chi connectivity index (χ3n) is 5.17. The number of methoxy groups -OCH3 is 1. The second kappa shape index (κ2) is 9.70. The molecular weight excluding hydrogens is 366 g/mol. The molecule has 28 heavy (non-hydrogen) atoms. The fourth-order valence-electron chi connectivity index (χ4n) is 3.59. The molecule has 0 bridgehead atoms. The molecule has 1 aromatic carbocycles. The first-order chi connectivity index (χ1) is 13.4. The summed E-state index contributed by atoms with van der Waals surface area (Å²) in [5.41, 5.74) is 8.44. The van der Waals surface area contributed by atoms with E-state index in [0.717, 1.165) is 12.8 Å². The number of azide groups is 1. The Labute approximate surface area is 162 Å². The molecule has 10 heteroatoms. The molecule has 1 saturated carbocycles. The highest BCUT2D eigenvalue weighted by Gasteiger charge is 2.41. The van der Waals surface area contributed by atoms with Gasteiger partial charge in [0.05, 0.1) is 12.0 Å². The van der Waals surface area contributed by atoms with Crippen LogP contribution in [0.5, 0.6) is 0 Å². The van der Waals surface area contributed by atoms with Gasteiger partial charge in [-0.3, -0.25) is 14.9 Å². The molecule has 0 unspecified atom stereocenters. The maximum Gasteiger partial charge on any atom is 0.328 e. The molecule has 0 radical (unpaired) electrons. The Morgan fingerprint density at radius 1 is 1.36 bits per heavy atom. The summed E-state index contributed by atoms with van der Waals surface area (Å²) in [5.74, 6) is -0.842. The number of amides is 1. The minimum atomic E-state index is -0.907. The van der Waals surface area contributed by atoms with Gasteiger partial charge in [0.1, 0.15) is 6.04 Å². The molecule has 0 aromatic heterocycles. The number of nitrogens with zero attached hydrogens (tertiary/aromatic N) is 4. The van der Waals surface area contributed by atoms with Gasteiger partial charge in [-0.1, -0.05) is 30.1 Å². The molecule has 1 aliphatic carbocycles. The van der Waals surface area contributed by atoms with Crippen LogP contribution in [0, 0.1) is 15.5 Å². The van der Waals surface area contributed by atoms with Crippen molar-refractivity contribution in [1.29, 1.82) is 0 Å². The molecule has 1 N–H and O–H groups in total. The molecule has 0 aliphatic heterocycles. The lowest BCUT2D eigenvalue weighted by Crippen LogP contribution is -2.49. The van der Waals surface area contributed by atoms with E-state index in [1.165, 1.54) is 19.2 Å². The smallest absolute Gasteiger partial charge is 0.328 e. The van der Waals surface area contributed by atoms with E-state index in [2.05, 4.69) is 15.3 Å². The third kappa shape index (κ3) is 5.20. The summed E-state index contributed by atoms with van der Waals surface area (Å²) in [6, 6.07) is 4.89. The summed E-state index contributed by atoms with van der Waals surface area (Å²) in [5, 5.41) is 17.1. The van der Waals surface area contributed by atoms with Gasteiger partial charge < -0.3 is 10.1 Å². The molecule has 1 amide bonds. The summed E-state index contributed by atoms with van der Waals surface area (Å²) < 4.78 is 4.81. The maximum absolute atomic E-state index is 13.0. The van der Waals surface area contributed by atoms with Crippen LogP contribution >= 0.6 is 0 Å². The van der Waals surface area contributed by atoms with Crippen LogP contribution in [0.15, 0.2) is 29.4 Å². The first-order valence-corrected chi connectivity index (χ1v) is 9.05. The second-order valence-electron chi connectivity index (χ2n) is 6.87. The fraction of sp³-hybridized carbons (Fsp3) is 0.556. The van der Waals surface area contributed by atoms with Crippen LogP contribution in [0.4, 0.5) is 5.69 Å². The molecule has 0 saturated heterocycles. The predicted octanol–water partition coefficient (Wildman–Crippen LogP) is 3.06. The largest absolute Gasteiger partial charge is 0.467 e. The Balaban J connectivity index is 2.13. The van der Waals surface area contributed by atoms with E-state index in [0.29, 0.717) is 24.8 Å². The summed E-state index contributed by atoms with van der Waals surface area (Å²) in [7, 11) is 1.24. The van der Waals surface area contributed by atoms with Gasteiger partial charge in [0.15, 0.2) is 0 Å². The number of hydrogen-bond donors (Lipinski definition) is 1. The van der Waals surface area contributed by atoms with Crippen molar-refractivity contribution in [2.75, 3.05) is 13.7 Å². The molecule has 1 aliphatic rings. The van der Waals surface area contributed by atoms with Crippen LogP contribution in [0.3, 0.4) is 0 Å². The number of carbonyl (C=O) groups excluding carboxylic acids is 2. The Bertz CT molecular complexity index is 767. The van der Waals surface area contributed by atoms with E-state index in [1.54, 1.807) is 12.1 Å². The Kier molecular flexibility index (Phi) is 7.34. The number of non-ortho nitro benzene ring substituents is 1. The molecule has 10 nitrogen and oxygen atoms in total. The Hall–Kier alpha value is -3.13. The summed E-state index contributed by atoms with van der Waals surface area (Å²) in [4.78, 5) is 38.2. The molecule has 1 atom stereocenters. The summed E-state index contributed by atoms with van der Waals surface area (Å²) >= 11 is 0. The van der Waals surface area contributed by atoms with E-state index in [4.69, 9.17) is 10.3 Å². The number of hydrogen-bond acceptors (Lipinski definition) is 6. The molecule has 0 spiro atoms. The predicted molar refractivity (Wildman–Crippen MR) is 100 cm³/mol. The van der Waals surface area contributed by atoms with Crippen LogP contribution in [-0.4, -0.2) is 36.5 Å². The summed E-state index contributed by atoms with van der Waals surface area (Å²) in [6.45, 7) is 0.217. The Morgan fingerprint density at radius 3 is 2.54 bits per heavy atom. The van der Waals surface area contributed by atoms with Gasteiger partial charge in [0.25, 0.3) is 5.69 Å². The second-order valence-corrected chi connectivity index (χ2v) is 6.87. The van der Waals surface area contributed by atoms with E-state index in [1.807, 2.05) is 0 Å². The lowest BCUT2D eigenvalue weighted by atomic mass is 9.81. The maximum atomic E-state index is 13.0. The lowest BCUT2D eigenvalue weighted by Gasteiger charge is -2.29. The molecule has 150 valence electrons. The minimum Gasteiger partial charge on any atom is -0.467 e. The van der Waals surface area contributed by atoms with E-state index in [-0.39, 0.29) is 24.6 Å². The number of benzene rings is 1. The first-order valence-electron chi connectivity index (χ1n) is 9.05. The number of nitrogens with one attached hydrogen (secondary N) is 1. The molecule has 0 heterocycles. The number of nitro groups is 1.